The lowest BCUT2D eigenvalue weighted by Gasteiger charge is -1.98. The van der Waals surface area contributed by atoms with Crippen molar-refractivity contribution in [2.24, 2.45) is 7.05 Å². The van der Waals surface area contributed by atoms with Crippen LogP contribution >= 0.6 is 0 Å². The van der Waals surface area contributed by atoms with Gasteiger partial charge in [0.05, 0.1) is 12.1 Å². The van der Waals surface area contributed by atoms with Crippen LogP contribution in [0.4, 0.5) is 0 Å². The summed E-state index contributed by atoms with van der Waals surface area (Å²) >= 11 is 0. The van der Waals surface area contributed by atoms with Gasteiger partial charge in [-0.15, -0.1) is 0 Å². The first-order valence-electron chi connectivity index (χ1n) is 4.81. The number of carboxylic acids is 1. The van der Waals surface area contributed by atoms with Gasteiger partial charge < -0.3 is 5.11 Å². The number of rotatable bonds is 3. The predicted molar refractivity (Wildman–Crippen MR) is 57.8 cm³/mol. The smallest absolute Gasteiger partial charge is 0.307 e. The number of pyridine rings is 1. The molecule has 0 atom stereocenters. The van der Waals surface area contributed by atoms with Gasteiger partial charge in [-0.1, -0.05) is 0 Å². The molecule has 0 aromatic carbocycles. The maximum absolute atomic E-state index is 10.7. The van der Waals surface area contributed by atoms with Crippen molar-refractivity contribution < 1.29 is 9.90 Å². The normalized spacial score (nSPS) is 10.3. The molecule has 0 unspecified atom stereocenters. The first-order chi connectivity index (χ1) is 7.66. The molecule has 2 heterocycles. The summed E-state index contributed by atoms with van der Waals surface area (Å²) in [5.74, 6) is -0.863. The van der Waals surface area contributed by atoms with Gasteiger partial charge >= 0.3 is 5.97 Å². The number of aliphatic carboxylic acids is 1. The van der Waals surface area contributed by atoms with Crippen LogP contribution in [0.15, 0.2) is 30.7 Å². The van der Waals surface area contributed by atoms with Crippen molar-refractivity contribution in [1.29, 1.82) is 0 Å². The van der Waals surface area contributed by atoms with E-state index in [4.69, 9.17) is 5.11 Å². The van der Waals surface area contributed by atoms with Crippen molar-refractivity contribution in [1.82, 2.24) is 14.8 Å². The summed E-state index contributed by atoms with van der Waals surface area (Å²) in [7, 11) is 1.77. The van der Waals surface area contributed by atoms with E-state index in [9.17, 15) is 4.79 Å². The molecule has 0 bridgehead atoms. The number of carboxylic acid groups (broad SMARTS) is 1. The molecule has 0 spiro atoms. The largest absolute Gasteiger partial charge is 0.481 e. The maximum Gasteiger partial charge on any atom is 0.307 e. The molecule has 0 aliphatic rings. The molecule has 16 heavy (non-hydrogen) atoms. The highest BCUT2D eigenvalue weighted by molar-refractivity contribution is 5.74. The van der Waals surface area contributed by atoms with Gasteiger partial charge in [-0.25, -0.2) is 0 Å². The third-order valence-electron chi connectivity index (χ3n) is 2.18. The van der Waals surface area contributed by atoms with Crippen molar-refractivity contribution in [2.45, 2.75) is 6.42 Å². The Morgan fingerprint density at radius 2 is 2.38 bits per heavy atom. The summed E-state index contributed by atoms with van der Waals surface area (Å²) < 4.78 is 1.61. The summed E-state index contributed by atoms with van der Waals surface area (Å²) in [5, 5.41) is 13.0. The lowest BCUT2D eigenvalue weighted by molar-refractivity contribution is -0.136. The average molecular weight is 217 g/mol. The molecule has 0 saturated carbocycles. The molecule has 0 saturated heterocycles. The van der Waals surface area contributed by atoms with E-state index in [-0.39, 0.29) is 6.42 Å². The molecule has 0 aliphatic heterocycles. The van der Waals surface area contributed by atoms with Gasteiger partial charge in [0, 0.05) is 36.8 Å². The molecule has 0 aliphatic carbocycles. The van der Waals surface area contributed by atoms with E-state index in [1.165, 1.54) is 0 Å². The first-order valence-corrected chi connectivity index (χ1v) is 4.81. The molecule has 82 valence electrons. The summed E-state index contributed by atoms with van der Waals surface area (Å²) in [6, 6.07) is 3.66. The highest BCUT2D eigenvalue weighted by atomic mass is 16.4. The quantitative estimate of drug-likeness (QED) is 0.836. The molecule has 1 N–H and O–H groups in total. The van der Waals surface area contributed by atoms with E-state index >= 15 is 0 Å². The predicted octanol–water partition coefficient (Wildman–Crippen LogP) is 1.11. The van der Waals surface area contributed by atoms with Crippen LogP contribution in [0.5, 0.6) is 0 Å². The Hall–Kier alpha value is -2.17. The van der Waals surface area contributed by atoms with E-state index < -0.39 is 5.97 Å². The maximum atomic E-state index is 10.7. The minimum Gasteiger partial charge on any atom is -0.481 e. The number of aryl methyl sites for hydroxylation is 1. The Morgan fingerprint density at radius 1 is 1.56 bits per heavy atom. The summed E-state index contributed by atoms with van der Waals surface area (Å²) in [5.41, 5.74) is 2.21. The molecule has 5 heteroatoms. The molecular formula is C11H11N3O2. The van der Waals surface area contributed by atoms with Crippen LogP contribution in [0.1, 0.15) is 5.56 Å². The third-order valence-corrected chi connectivity index (χ3v) is 2.18. The van der Waals surface area contributed by atoms with Crippen LogP contribution in [0.3, 0.4) is 0 Å². The van der Waals surface area contributed by atoms with Gasteiger partial charge in [0.1, 0.15) is 0 Å². The highest BCUT2D eigenvalue weighted by Gasteiger charge is 2.12. The van der Waals surface area contributed by atoms with E-state index in [2.05, 4.69) is 10.1 Å². The molecule has 0 amide bonds. The minimum absolute atomic E-state index is 0.0297. The zero-order chi connectivity index (χ0) is 11.5. The summed E-state index contributed by atoms with van der Waals surface area (Å²) in [4.78, 5) is 14.7. The van der Waals surface area contributed by atoms with Crippen LogP contribution in [0.2, 0.25) is 0 Å². The van der Waals surface area contributed by atoms with Crippen LogP contribution in [-0.2, 0) is 18.3 Å². The standard InChI is InChI=1S/C11H11N3O2/c1-14-7-9(5-10(15)16)11(13-14)8-3-2-4-12-6-8/h2-4,6-7H,5H2,1H3,(H,15,16). The lowest BCUT2D eigenvalue weighted by atomic mass is 10.1. The molecule has 2 aromatic heterocycles. The lowest BCUT2D eigenvalue weighted by Crippen LogP contribution is -2.00. The summed E-state index contributed by atoms with van der Waals surface area (Å²) in [6.07, 6.45) is 5.03. The monoisotopic (exact) mass is 217 g/mol. The molecule has 2 aromatic rings. The second kappa shape index (κ2) is 4.14. The van der Waals surface area contributed by atoms with Gasteiger partial charge in [-0.2, -0.15) is 5.10 Å². The topological polar surface area (TPSA) is 68.0 Å². The zero-order valence-corrected chi connectivity index (χ0v) is 8.79. The molecule has 0 fully saturated rings. The van der Waals surface area contributed by atoms with E-state index in [0.29, 0.717) is 11.3 Å². The van der Waals surface area contributed by atoms with Crippen LogP contribution < -0.4 is 0 Å². The van der Waals surface area contributed by atoms with Gasteiger partial charge in [0.25, 0.3) is 0 Å². The Morgan fingerprint density at radius 3 is 3.00 bits per heavy atom. The van der Waals surface area contributed by atoms with Crippen molar-refractivity contribution in [3.05, 3.63) is 36.3 Å². The molecule has 2 rings (SSSR count). The molecule has 0 radical (unpaired) electrons. The summed E-state index contributed by atoms with van der Waals surface area (Å²) in [6.45, 7) is 0. The Kier molecular flexibility index (Phi) is 2.68. The van der Waals surface area contributed by atoms with Gasteiger partial charge in [0.2, 0.25) is 0 Å². The second-order valence-corrected chi connectivity index (χ2v) is 3.49. The van der Waals surface area contributed by atoms with Crippen molar-refractivity contribution in [3.63, 3.8) is 0 Å². The third kappa shape index (κ3) is 2.08. The second-order valence-electron chi connectivity index (χ2n) is 3.49. The molecular weight excluding hydrogens is 206 g/mol. The number of carbonyl (C=O) groups is 1. The SMILES string of the molecule is Cn1cc(CC(=O)O)c(-c2cccnc2)n1. The van der Waals surface area contributed by atoms with Gasteiger partial charge in [-0.3, -0.25) is 14.5 Å². The van der Waals surface area contributed by atoms with Crippen molar-refractivity contribution >= 4 is 5.97 Å². The average Bonchev–Trinajstić information content (AvgIpc) is 2.60. The van der Waals surface area contributed by atoms with Crippen molar-refractivity contribution in [2.75, 3.05) is 0 Å². The van der Waals surface area contributed by atoms with Crippen LogP contribution in [-0.4, -0.2) is 25.8 Å². The Balaban J connectivity index is 2.44. The Labute approximate surface area is 92.4 Å². The number of aromatic nitrogens is 3. The Bertz CT molecular complexity index is 505. The number of nitrogens with zero attached hydrogens (tertiary/aromatic N) is 3. The minimum atomic E-state index is -0.863. The van der Waals surface area contributed by atoms with Crippen LogP contribution in [0.25, 0.3) is 11.3 Å². The van der Waals surface area contributed by atoms with Gasteiger partial charge in [0.15, 0.2) is 0 Å². The zero-order valence-electron chi connectivity index (χ0n) is 8.79. The van der Waals surface area contributed by atoms with Gasteiger partial charge in [-0.05, 0) is 12.1 Å². The first kappa shape index (κ1) is 10.4. The number of hydrogen-bond donors (Lipinski definition) is 1. The van der Waals surface area contributed by atoms with E-state index in [1.54, 1.807) is 36.4 Å². The van der Waals surface area contributed by atoms with E-state index in [1.807, 2.05) is 6.07 Å². The fraction of sp³-hybridized carbons (Fsp3) is 0.182. The van der Waals surface area contributed by atoms with Crippen molar-refractivity contribution in [3.8, 4) is 11.3 Å². The van der Waals surface area contributed by atoms with E-state index in [0.717, 1.165) is 5.56 Å². The fourth-order valence-electron chi connectivity index (χ4n) is 1.58. The number of hydrogen-bond acceptors (Lipinski definition) is 3. The fourth-order valence-corrected chi connectivity index (χ4v) is 1.58. The van der Waals surface area contributed by atoms with Crippen LogP contribution in [0, 0.1) is 0 Å². The highest BCUT2D eigenvalue weighted by Crippen LogP contribution is 2.20. The molecule has 5 nitrogen and oxygen atoms in total.